The molecule has 5 atom stereocenters. The number of phenols is 1. The Hall–Kier alpha value is -2.62. The van der Waals surface area contributed by atoms with Crippen molar-refractivity contribution >= 4 is 11.9 Å². The molecule has 1 fully saturated rings. The fourth-order valence-electron chi connectivity index (χ4n) is 6.06. The first-order chi connectivity index (χ1) is 15.2. The highest BCUT2D eigenvalue weighted by molar-refractivity contribution is 5.80. The smallest absolute Gasteiger partial charge is 0.352 e. The van der Waals surface area contributed by atoms with Gasteiger partial charge in [-0.2, -0.15) is 0 Å². The number of esters is 2. The van der Waals surface area contributed by atoms with Gasteiger partial charge in [0, 0.05) is 24.6 Å². The Balaban J connectivity index is 1.51. The summed E-state index contributed by atoms with van der Waals surface area (Å²) < 4.78 is 17.0. The van der Waals surface area contributed by atoms with E-state index in [0.29, 0.717) is 18.6 Å². The number of nitrogens with two attached hydrogens (primary N) is 1. The number of hydrogen-bond donors (Lipinski definition) is 3. The van der Waals surface area contributed by atoms with Crippen molar-refractivity contribution in [1.82, 2.24) is 4.90 Å². The number of carbonyl (C=O) groups is 2. The lowest BCUT2D eigenvalue weighted by molar-refractivity contribution is -0.175. The number of piperidine rings is 1. The molecule has 9 nitrogen and oxygen atoms in total. The molecule has 2 bridgehead atoms. The third kappa shape index (κ3) is 2.68. The summed E-state index contributed by atoms with van der Waals surface area (Å²) in [6.07, 6.45) is 1.32. The lowest BCUT2D eigenvalue weighted by Crippen LogP contribution is -2.74. The van der Waals surface area contributed by atoms with Gasteiger partial charge in [-0.15, -0.1) is 0 Å². The molecule has 0 amide bonds. The first-order valence-corrected chi connectivity index (χ1v) is 11.0. The first-order valence-electron chi connectivity index (χ1n) is 11.0. The van der Waals surface area contributed by atoms with Gasteiger partial charge in [-0.05, 0) is 51.1 Å². The van der Waals surface area contributed by atoms with E-state index >= 15 is 0 Å². The van der Waals surface area contributed by atoms with Crippen molar-refractivity contribution in [3.63, 3.8) is 0 Å². The maximum Gasteiger partial charge on any atom is 0.352 e. The molecule has 9 heteroatoms. The van der Waals surface area contributed by atoms with Crippen LogP contribution >= 0.6 is 0 Å². The van der Waals surface area contributed by atoms with Crippen molar-refractivity contribution in [3.05, 3.63) is 35.1 Å². The van der Waals surface area contributed by atoms with Gasteiger partial charge in [0.15, 0.2) is 23.7 Å². The molecule has 0 unspecified atom stereocenters. The number of ether oxygens (including phenoxy) is 3. The molecule has 4 N–H and O–H groups in total. The van der Waals surface area contributed by atoms with Crippen LogP contribution in [0.3, 0.4) is 0 Å². The number of aromatic hydroxyl groups is 1. The molecule has 5 rings (SSSR count). The Kier molecular flexibility index (Phi) is 4.77. The zero-order chi connectivity index (χ0) is 22.8. The van der Waals surface area contributed by atoms with Crippen LogP contribution in [0.2, 0.25) is 0 Å². The van der Waals surface area contributed by atoms with Gasteiger partial charge in [-0.1, -0.05) is 6.07 Å². The minimum Gasteiger partial charge on any atom is -0.504 e. The summed E-state index contributed by atoms with van der Waals surface area (Å²) in [7, 11) is 2.00. The summed E-state index contributed by atoms with van der Waals surface area (Å²) in [4.78, 5) is 26.6. The number of hydrogen-bond acceptors (Lipinski definition) is 9. The Labute approximate surface area is 185 Å². The summed E-state index contributed by atoms with van der Waals surface area (Å²) in [5, 5.41) is 22.6. The molecule has 1 spiro atoms. The Morgan fingerprint density at radius 2 is 2.19 bits per heavy atom. The molecule has 2 heterocycles. The Morgan fingerprint density at radius 1 is 1.41 bits per heavy atom. The van der Waals surface area contributed by atoms with Crippen LogP contribution in [-0.4, -0.2) is 71.0 Å². The summed E-state index contributed by atoms with van der Waals surface area (Å²) >= 11 is 0. The molecule has 2 aliphatic heterocycles. The van der Waals surface area contributed by atoms with E-state index < -0.39 is 35.2 Å². The average molecular weight is 444 g/mol. The normalized spacial score (nSPS) is 32.9. The van der Waals surface area contributed by atoms with Gasteiger partial charge in [-0.3, -0.25) is 4.79 Å². The van der Waals surface area contributed by atoms with Gasteiger partial charge >= 0.3 is 11.9 Å². The van der Waals surface area contributed by atoms with Crippen molar-refractivity contribution in [3.8, 4) is 11.5 Å². The van der Waals surface area contributed by atoms with Crippen LogP contribution < -0.4 is 10.5 Å². The molecule has 1 aromatic rings. The molecule has 2 aliphatic carbocycles. The molecule has 0 radical (unpaired) electrons. The van der Waals surface area contributed by atoms with Crippen LogP contribution in [0.5, 0.6) is 11.5 Å². The van der Waals surface area contributed by atoms with Gasteiger partial charge < -0.3 is 35.1 Å². The highest BCUT2D eigenvalue weighted by atomic mass is 16.6. The second-order valence-corrected chi connectivity index (χ2v) is 9.19. The third-order valence-corrected chi connectivity index (χ3v) is 7.56. The molecule has 4 aliphatic rings. The van der Waals surface area contributed by atoms with Crippen molar-refractivity contribution in [2.24, 2.45) is 5.73 Å². The van der Waals surface area contributed by atoms with E-state index in [9.17, 15) is 19.8 Å². The predicted octanol–water partition coefficient (Wildman–Crippen LogP) is 0.494. The van der Waals surface area contributed by atoms with Crippen LogP contribution in [0.25, 0.3) is 0 Å². The minimum absolute atomic E-state index is 0.00186. The van der Waals surface area contributed by atoms with Crippen LogP contribution in [0.15, 0.2) is 24.0 Å². The molecule has 0 aromatic heterocycles. The molecule has 32 heavy (non-hydrogen) atoms. The first kappa shape index (κ1) is 21.2. The van der Waals surface area contributed by atoms with E-state index in [1.54, 1.807) is 12.1 Å². The molecule has 172 valence electrons. The maximum absolute atomic E-state index is 12.7. The third-order valence-electron chi connectivity index (χ3n) is 7.56. The predicted molar refractivity (Wildman–Crippen MR) is 112 cm³/mol. The fourth-order valence-corrected chi connectivity index (χ4v) is 6.06. The van der Waals surface area contributed by atoms with Crippen LogP contribution in [-0.2, 0) is 30.9 Å². The number of nitrogens with zero attached hydrogens (tertiary/aromatic N) is 1. The van der Waals surface area contributed by atoms with Crippen LogP contribution in [0.4, 0.5) is 0 Å². The standard InChI is InChI=1S/C23H28N2O7/c1-12(30-17(27)6-9-24)21(28)31-15-5-7-23(29)16-11-13-3-4-14(26)19-18(13)22(23,20(15)32-19)8-10-25(16)2/h3-5,12,16,20,26,29H,6-11,24H2,1-2H3/t12-,16+,20-,22-,23+/m0/s1. The average Bonchev–Trinajstić information content (AvgIpc) is 3.10. The van der Waals surface area contributed by atoms with Gasteiger partial charge in [0.1, 0.15) is 5.76 Å². The lowest BCUT2D eigenvalue weighted by Gasteiger charge is -2.61. The Morgan fingerprint density at radius 3 is 2.94 bits per heavy atom. The van der Waals surface area contributed by atoms with Gasteiger partial charge in [0.25, 0.3) is 0 Å². The number of carbonyl (C=O) groups excluding carboxylic acids is 2. The van der Waals surface area contributed by atoms with Crippen LogP contribution in [0.1, 0.15) is 37.3 Å². The second-order valence-electron chi connectivity index (χ2n) is 9.19. The summed E-state index contributed by atoms with van der Waals surface area (Å²) in [5.74, 6) is -0.685. The van der Waals surface area contributed by atoms with Gasteiger partial charge in [0.05, 0.1) is 17.4 Å². The SMILES string of the molecule is C[C@H](OC(=O)CCN)C(=O)OC1=CC[C@@]2(O)[C@H]3Cc4ccc(O)c5c4[C@@]2(CCN3C)[C@H]1O5. The number of aliphatic hydroxyl groups is 1. The highest BCUT2D eigenvalue weighted by Crippen LogP contribution is 2.65. The summed E-state index contributed by atoms with van der Waals surface area (Å²) in [5.41, 5.74) is 5.23. The molecular formula is C23H28N2O7. The molecule has 0 saturated carbocycles. The fraction of sp³-hybridized carbons (Fsp3) is 0.565. The van der Waals surface area contributed by atoms with Crippen molar-refractivity contribution in [2.75, 3.05) is 20.1 Å². The van der Waals surface area contributed by atoms with Crippen LogP contribution in [0, 0.1) is 0 Å². The van der Waals surface area contributed by atoms with E-state index in [1.165, 1.54) is 6.92 Å². The monoisotopic (exact) mass is 444 g/mol. The lowest BCUT2D eigenvalue weighted by atomic mass is 9.50. The van der Waals surface area contributed by atoms with E-state index in [1.807, 2.05) is 13.1 Å². The van der Waals surface area contributed by atoms with E-state index in [2.05, 4.69) is 4.90 Å². The maximum atomic E-state index is 12.7. The van der Waals surface area contributed by atoms with E-state index in [-0.39, 0.29) is 36.9 Å². The number of likely N-dealkylation sites (tertiary alicyclic amines) is 1. The zero-order valence-electron chi connectivity index (χ0n) is 18.2. The number of benzene rings is 1. The molecule has 1 aromatic carbocycles. The molecule has 1 saturated heterocycles. The summed E-state index contributed by atoms with van der Waals surface area (Å²) in [6, 6.07) is 3.36. The van der Waals surface area contributed by atoms with Crippen molar-refractivity contribution < 1.29 is 34.0 Å². The highest BCUT2D eigenvalue weighted by Gasteiger charge is 2.72. The topological polar surface area (TPSA) is 132 Å². The van der Waals surface area contributed by atoms with E-state index in [0.717, 1.165) is 17.7 Å². The van der Waals surface area contributed by atoms with Crippen molar-refractivity contribution in [2.45, 2.75) is 61.9 Å². The number of likely N-dealkylation sites (N-methyl/N-ethyl adjacent to an activating group) is 1. The number of phenolic OH excluding ortho intramolecular Hbond substituents is 1. The minimum atomic E-state index is -1.13. The zero-order valence-corrected chi connectivity index (χ0v) is 18.2. The number of rotatable bonds is 5. The van der Waals surface area contributed by atoms with Gasteiger partial charge in [-0.25, -0.2) is 4.79 Å². The van der Waals surface area contributed by atoms with E-state index in [4.69, 9.17) is 19.9 Å². The molecular weight excluding hydrogens is 416 g/mol. The van der Waals surface area contributed by atoms with Crippen molar-refractivity contribution in [1.29, 1.82) is 0 Å². The second kappa shape index (κ2) is 7.19. The Bertz CT molecular complexity index is 1020. The largest absolute Gasteiger partial charge is 0.504 e. The summed E-state index contributed by atoms with van der Waals surface area (Å²) in [6.45, 7) is 2.30. The quantitative estimate of drug-likeness (QED) is 0.555. The van der Waals surface area contributed by atoms with Gasteiger partial charge in [0.2, 0.25) is 0 Å².